The van der Waals surface area contributed by atoms with E-state index in [0.29, 0.717) is 0 Å². The van der Waals surface area contributed by atoms with Crippen LogP contribution < -0.4 is 5.32 Å². The second kappa shape index (κ2) is 9.90. The Kier molecular flexibility index (Phi) is 8.15. The first-order valence-corrected chi connectivity index (χ1v) is 7.94. The number of piperazine rings is 1. The zero-order valence-electron chi connectivity index (χ0n) is 14.3. The highest BCUT2D eigenvalue weighted by Gasteiger charge is 2.11. The van der Waals surface area contributed by atoms with Crippen LogP contribution in [0, 0.1) is 6.92 Å². The van der Waals surface area contributed by atoms with Gasteiger partial charge >= 0.3 is 0 Å². The van der Waals surface area contributed by atoms with Gasteiger partial charge in [-0.2, -0.15) is 0 Å². The van der Waals surface area contributed by atoms with Crippen molar-refractivity contribution in [3.63, 3.8) is 0 Å². The molecule has 1 aliphatic heterocycles. The number of benzene rings is 1. The van der Waals surface area contributed by atoms with E-state index in [4.69, 9.17) is 4.99 Å². The molecule has 1 aromatic carbocycles. The van der Waals surface area contributed by atoms with Crippen molar-refractivity contribution in [3.8, 4) is 0 Å². The normalized spacial score (nSPS) is 15.9. The van der Waals surface area contributed by atoms with E-state index in [1.165, 1.54) is 5.56 Å². The van der Waals surface area contributed by atoms with Gasteiger partial charge < -0.3 is 10.2 Å². The molecule has 0 aromatic heterocycles. The molecule has 22 heavy (non-hydrogen) atoms. The largest absolute Gasteiger partial charge is 0.358 e. The van der Waals surface area contributed by atoms with Gasteiger partial charge in [-0.1, -0.05) is 43.7 Å². The number of nitrogens with zero attached hydrogens (tertiary/aromatic N) is 3. The van der Waals surface area contributed by atoms with Gasteiger partial charge in [0.1, 0.15) is 5.84 Å². The zero-order valence-corrected chi connectivity index (χ0v) is 14.3. The molecule has 0 atom stereocenters. The van der Waals surface area contributed by atoms with Crippen molar-refractivity contribution >= 4 is 18.3 Å². The molecule has 0 unspecified atom stereocenters. The SMILES string of the molecule is C=N/C=C(\N=C(C)N1CCNCC1)c1ccc(C)cc1.CC. The third kappa shape index (κ3) is 5.45. The fourth-order valence-corrected chi connectivity index (χ4v) is 2.21. The summed E-state index contributed by atoms with van der Waals surface area (Å²) in [6.07, 6.45) is 1.72. The van der Waals surface area contributed by atoms with E-state index in [2.05, 4.69) is 60.0 Å². The van der Waals surface area contributed by atoms with E-state index in [-0.39, 0.29) is 0 Å². The second-order valence-electron chi connectivity index (χ2n) is 4.96. The van der Waals surface area contributed by atoms with Crippen molar-refractivity contribution in [2.75, 3.05) is 26.2 Å². The molecule has 0 saturated carbocycles. The molecule has 4 heteroatoms. The van der Waals surface area contributed by atoms with Gasteiger partial charge in [0.15, 0.2) is 0 Å². The first kappa shape index (κ1) is 18.1. The van der Waals surface area contributed by atoms with Gasteiger partial charge in [0.2, 0.25) is 0 Å². The molecule has 1 aliphatic rings. The molecule has 1 fully saturated rings. The molecule has 0 amide bonds. The Morgan fingerprint density at radius 2 is 1.77 bits per heavy atom. The number of rotatable bonds is 3. The van der Waals surface area contributed by atoms with Crippen LogP contribution in [0.2, 0.25) is 0 Å². The predicted molar refractivity (Wildman–Crippen MR) is 97.6 cm³/mol. The van der Waals surface area contributed by atoms with Crippen LogP contribution in [0.3, 0.4) is 0 Å². The fraction of sp³-hybridized carbons (Fsp3) is 0.444. The van der Waals surface area contributed by atoms with Crippen molar-refractivity contribution in [2.45, 2.75) is 27.7 Å². The summed E-state index contributed by atoms with van der Waals surface area (Å²) in [6, 6.07) is 8.31. The number of aryl methyl sites for hydroxylation is 1. The van der Waals surface area contributed by atoms with E-state index >= 15 is 0 Å². The van der Waals surface area contributed by atoms with Crippen molar-refractivity contribution in [3.05, 3.63) is 41.6 Å². The van der Waals surface area contributed by atoms with Crippen LogP contribution in [-0.4, -0.2) is 43.6 Å². The van der Waals surface area contributed by atoms with Crippen LogP contribution in [0.1, 0.15) is 31.9 Å². The van der Waals surface area contributed by atoms with E-state index < -0.39 is 0 Å². The van der Waals surface area contributed by atoms with Gasteiger partial charge in [-0.3, -0.25) is 4.99 Å². The standard InChI is InChI=1S/C16H22N4.C2H6/c1-13-4-6-15(7-5-13)16(12-17-3)19-14(2)20-10-8-18-9-11-20;1-2/h4-7,12,18H,3,8-11H2,1-2H3;1-2H3/b16-12-,19-14?;. The number of amidine groups is 1. The molecule has 1 saturated heterocycles. The lowest BCUT2D eigenvalue weighted by molar-refractivity contribution is 0.356. The summed E-state index contributed by atoms with van der Waals surface area (Å²) in [5, 5.41) is 3.35. The van der Waals surface area contributed by atoms with Crippen molar-refractivity contribution < 1.29 is 0 Å². The minimum Gasteiger partial charge on any atom is -0.358 e. The maximum atomic E-state index is 4.73. The summed E-state index contributed by atoms with van der Waals surface area (Å²) in [5.74, 6) is 1.03. The molecule has 0 spiro atoms. The topological polar surface area (TPSA) is 40.0 Å². The Bertz CT molecular complexity index is 508. The smallest absolute Gasteiger partial charge is 0.102 e. The maximum absolute atomic E-state index is 4.73. The van der Waals surface area contributed by atoms with E-state index in [0.717, 1.165) is 43.3 Å². The molecule has 0 aliphatic carbocycles. The summed E-state index contributed by atoms with van der Waals surface area (Å²) in [7, 11) is 0. The van der Waals surface area contributed by atoms with Gasteiger partial charge in [-0.25, -0.2) is 4.99 Å². The van der Waals surface area contributed by atoms with Crippen molar-refractivity contribution in [2.24, 2.45) is 9.98 Å². The molecular weight excluding hydrogens is 272 g/mol. The molecule has 2 rings (SSSR count). The number of nitrogens with one attached hydrogen (secondary N) is 1. The second-order valence-corrected chi connectivity index (χ2v) is 4.96. The molecular formula is C18H28N4. The first-order chi connectivity index (χ1) is 10.7. The van der Waals surface area contributed by atoms with Crippen LogP contribution in [-0.2, 0) is 0 Å². The van der Waals surface area contributed by atoms with Crippen LogP contribution in [0.4, 0.5) is 0 Å². The zero-order chi connectivity index (χ0) is 16.4. The quantitative estimate of drug-likeness (QED) is 0.687. The molecule has 0 radical (unpaired) electrons. The van der Waals surface area contributed by atoms with E-state index in [1.807, 2.05) is 13.8 Å². The lowest BCUT2D eigenvalue weighted by atomic mass is 10.1. The minimum atomic E-state index is 0.857. The Hall–Kier alpha value is -1.94. The van der Waals surface area contributed by atoms with Crippen LogP contribution in [0.25, 0.3) is 5.70 Å². The highest BCUT2D eigenvalue weighted by molar-refractivity contribution is 5.86. The van der Waals surface area contributed by atoms with Crippen molar-refractivity contribution in [1.82, 2.24) is 10.2 Å². The average Bonchev–Trinajstić information content (AvgIpc) is 2.58. The fourth-order valence-electron chi connectivity index (χ4n) is 2.21. The van der Waals surface area contributed by atoms with Gasteiger partial charge in [0.25, 0.3) is 0 Å². The Morgan fingerprint density at radius 3 is 2.32 bits per heavy atom. The molecule has 1 aromatic rings. The van der Waals surface area contributed by atoms with Crippen molar-refractivity contribution in [1.29, 1.82) is 0 Å². The van der Waals surface area contributed by atoms with Gasteiger partial charge in [-0.15, -0.1) is 0 Å². The Labute approximate surface area is 134 Å². The monoisotopic (exact) mass is 300 g/mol. The van der Waals surface area contributed by atoms with E-state index in [9.17, 15) is 0 Å². The Morgan fingerprint density at radius 1 is 1.18 bits per heavy atom. The van der Waals surface area contributed by atoms with Gasteiger partial charge in [0.05, 0.1) is 11.9 Å². The first-order valence-electron chi connectivity index (χ1n) is 7.94. The van der Waals surface area contributed by atoms with Gasteiger partial charge in [0, 0.05) is 31.7 Å². The summed E-state index contributed by atoms with van der Waals surface area (Å²) in [4.78, 5) is 10.9. The van der Waals surface area contributed by atoms with Crippen LogP contribution >= 0.6 is 0 Å². The Balaban J connectivity index is 0.00000116. The third-order valence-electron chi connectivity index (χ3n) is 3.42. The molecule has 1 heterocycles. The average molecular weight is 300 g/mol. The van der Waals surface area contributed by atoms with Crippen LogP contribution in [0.15, 0.2) is 40.5 Å². The minimum absolute atomic E-state index is 0.857. The number of hydrogen-bond donors (Lipinski definition) is 1. The summed E-state index contributed by atoms with van der Waals surface area (Å²) in [5.41, 5.74) is 3.16. The number of hydrogen-bond acceptors (Lipinski definition) is 3. The van der Waals surface area contributed by atoms with Gasteiger partial charge in [-0.05, 0) is 20.6 Å². The maximum Gasteiger partial charge on any atom is 0.102 e. The predicted octanol–water partition coefficient (Wildman–Crippen LogP) is 3.34. The third-order valence-corrected chi connectivity index (χ3v) is 3.42. The number of aliphatic imine (C=N–C) groups is 2. The molecule has 0 bridgehead atoms. The van der Waals surface area contributed by atoms with Crippen LogP contribution in [0.5, 0.6) is 0 Å². The lowest BCUT2D eigenvalue weighted by Crippen LogP contribution is -2.45. The molecule has 120 valence electrons. The summed E-state index contributed by atoms with van der Waals surface area (Å²) >= 11 is 0. The summed E-state index contributed by atoms with van der Waals surface area (Å²) < 4.78 is 0. The van der Waals surface area contributed by atoms with E-state index in [1.54, 1.807) is 6.20 Å². The summed E-state index contributed by atoms with van der Waals surface area (Å²) in [6.45, 7) is 15.7. The highest BCUT2D eigenvalue weighted by atomic mass is 15.2. The molecule has 1 N–H and O–H groups in total. The lowest BCUT2D eigenvalue weighted by Gasteiger charge is -2.29. The molecule has 4 nitrogen and oxygen atoms in total. The highest BCUT2D eigenvalue weighted by Crippen LogP contribution is 2.17.